The molecule has 0 fully saturated rings. The van der Waals surface area contributed by atoms with Crippen LogP contribution in [0.2, 0.25) is 0 Å². The van der Waals surface area contributed by atoms with Crippen molar-refractivity contribution < 1.29 is 34.5 Å². The summed E-state index contributed by atoms with van der Waals surface area (Å²) < 4.78 is 1.42. The summed E-state index contributed by atoms with van der Waals surface area (Å²) in [6, 6.07) is 0. The minimum Gasteiger partial charge on any atom is -0.565 e. The fourth-order valence-electron chi connectivity index (χ4n) is 2.64. The van der Waals surface area contributed by atoms with E-state index in [1.807, 2.05) is 0 Å². The highest BCUT2D eigenvalue weighted by molar-refractivity contribution is 5.53. The highest BCUT2D eigenvalue weighted by Crippen LogP contribution is 2.16. The summed E-state index contributed by atoms with van der Waals surface area (Å²) in [5.74, 6) is 0. The van der Waals surface area contributed by atoms with E-state index in [0.717, 1.165) is 0 Å². The summed E-state index contributed by atoms with van der Waals surface area (Å²) in [7, 11) is 0. The van der Waals surface area contributed by atoms with Crippen LogP contribution in [0.25, 0.3) is 0 Å². The lowest BCUT2D eigenvalue weighted by molar-refractivity contribution is -0.929. The van der Waals surface area contributed by atoms with E-state index in [9.17, 15) is 0 Å². The molecule has 0 amide bonds. The van der Waals surface area contributed by atoms with Crippen molar-refractivity contribution in [2.24, 2.45) is 0 Å². The van der Waals surface area contributed by atoms with E-state index in [0.29, 0.717) is 0 Å². The number of carboxylic acid groups (broad SMARTS) is 4. The quantitative estimate of drug-likeness (QED) is 0.448. The minimum atomic E-state index is -2.08. The van der Waals surface area contributed by atoms with Gasteiger partial charge in [0.2, 0.25) is 6.16 Å². The molecule has 0 rings (SSSR count). The van der Waals surface area contributed by atoms with E-state index in [1.54, 1.807) is 0 Å². The molecule has 0 aliphatic heterocycles. The number of hydrogen-bond acceptors (Lipinski definition) is 3. The SMILES string of the molecule is CCCC[N+](CCCC)(CCCC)CCCC.O=C(O)O.O=C([O-])O. The molecule has 25 heavy (non-hydrogen) atoms. The molecule has 0 aliphatic rings. The van der Waals surface area contributed by atoms with Gasteiger partial charge in [0.15, 0.2) is 0 Å². The van der Waals surface area contributed by atoms with Gasteiger partial charge in [-0.25, -0.2) is 4.79 Å². The van der Waals surface area contributed by atoms with Gasteiger partial charge in [0, 0.05) is 0 Å². The van der Waals surface area contributed by atoms with Crippen molar-refractivity contribution in [1.82, 2.24) is 0 Å². The Morgan fingerprint density at radius 3 is 0.960 bits per heavy atom. The summed E-state index contributed by atoms with van der Waals surface area (Å²) in [6.07, 6.45) is 7.14. The van der Waals surface area contributed by atoms with Crippen molar-refractivity contribution in [3.63, 3.8) is 0 Å². The Morgan fingerprint density at radius 2 is 0.840 bits per heavy atom. The van der Waals surface area contributed by atoms with Crippen molar-refractivity contribution in [1.29, 1.82) is 0 Å². The van der Waals surface area contributed by atoms with Crippen LogP contribution in [-0.4, -0.2) is 58.3 Å². The lowest BCUT2D eigenvalue weighted by Crippen LogP contribution is -2.50. The summed E-state index contributed by atoms with van der Waals surface area (Å²) in [4.78, 5) is 17.0. The van der Waals surface area contributed by atoms with Gasteiger partial charge in [0.05, 0.1) is 26.2 Å². The standard InChI is InChI=1S/C16H36N.2CH2O3/c1-5-9-13-17(14-10-6-2,15-11-7-3)16-12-8-4;2*2-1(3)4/h5-16H2,1-4H3;2*(H2,2,3,4)/q+1;;/p-1. The molecule has 3 N–H and O–H groups in total. The van der Waals surface area contributed by atoms with Crippen molar-refractivity contribution in [2.75, 3.05) is 26.2 Å². The zero-order chi connectivity index (χ0) is 20.1. The molecule has 0 spiro atoms. The van der Waals surface area contributed by atoms with Gasteiger partial charge in [-0.15, -0.1) is 0 Å². The van der Waals surface area contributed by atoms with Gasteiger partial charge in [0.25, 0.3) is 0 Å². The molecule has 0 aliphatic carbocycles. The highest BCUT2D eigenvalue weighted by Gasteiger charge is 2.24. The maximum atomic E-state index is 8.56. The van der Waals surface area contributed by atoms with Crippen LogP contribution in [0.4, 0.5) is 9.59 Å². The van der Waals surface area contributed by atoms with Crippen LogP contribution in [0.3, 0.4) is 0 Å². The van der Waals surface area contributed by atoms with Crippen LogP contribution in [0.15, 0.2) is 0 Å². The predicted octanol–water partition coefficient (Wildman–Crippen LogP) is 4.11. The van der Waals surface area contributed by atoms with Crippen LogP contribution in [0.1, 0.15) is 79.1 Å². The number of rotatable bonds is 12. The fourth-order valence-corrected chi connectivity index (χ4v) is 2.64. The normalized spacial score (nSPS) is 10.1. The maximum absolute atomic E-state index is 8.56. The Morgan fingerprint density at radius 1 is 0.680 bits per heavy atom. The summed E-state index contributed by atoms with van der Waals surface area (Å²) in [5, 5.41) is 29.2. The van der Waals surface area contributed by atoms with Crippen LogP contribution in [-0.2, 0) is 0 Å². The number of quaternary nitrogens is 1. The largest absolute Gasteiger partial charge is 0.565 e. The predicted molar refractivity (Wildman–Crippen MR) is 98.0 cm³/mol. The molecule has 7 nitrogen and oxygen atoms in total. The number of carbonyl (C=O) groups is 2. The highest BCUT2D eigenvalue weighted by atomic mass is 16.6. The van der Waals surface area contributed by atoms with Gasteiger partial charge in [-0.05, 0) is 25.7 Å². The second kappa shape index (κ2) is 20.5. The van der Waals surface area contributed by atoms with Gasteiger partial charge in [-0.3, -0.25) is 0 Å². The Labute approximate surface area is 152 Å². The Bertz CT molecular complexity index is 252. The Kier molecular flexibility index (Phi) is 23.3. The molecule has 0 bridgehead atoms. The molecule has 152 valence electrons. The maximum Gasteiger partial charge on any atom is 0.503 e. The average Bonchev–Trinajstić information content (AvgIpc) is 2.52. The van der Waals surface area contributed by atoms with E-state index < -0.39 is 12.3 Å². The van der Waals surface area contributed by atoms with Crippen molar-refractivity contribution in [2.45, 2.75) is 79.1 Å². The van der Waals surface area contributed by atoms with Crippen molar-refractivity contribution in [3.8, 4) is 0 Å². The number of nitrogens with zero attached hydrogens (tertiary/aromatic N) is 1. The van der Waals surface area contributed by atoms with Gasteiger partial charge in [-0.1, -0.05) is 53.4 Å². The average molecular weight is 366 g/mol. The summed E-state index contributed by atoms with van der Waals surface area (Å²) >= 11 is 0. The molecule has 0 atom stereocenters. The zero-order valence-electron chi connectivity index (χ0n) is 16.5. The number of hydrogen-bond donors (Lipinski definition) is 3. The molecule has 7 heteroatoms. The van der Waals surface area contributed by atoms with Crippen LogP contribution in [0.5, 0.6) is 0 Å². The molecule has 0 aromatic carbocycles. The van der Waals surface area contributed by atoms with Gasteiger partial charge in [0.1, 0.15) is 0 Å². The Hall–Kier alpha value is -1.50. The zero-order valence-corrected chi connectivity index (χ0v) is 16.5. The third-order valence-corrected chi connectivity index (χ3v) is 3.94. The fraction of sp³-hybridized carbons (Fsp3) is 0.889. The molecule has 0 radical (unpaired) electrons. The number of unbranched alkanes of at least 4 members (excludes halogenated alkanes) is 4. The second-order valence-electron chi connectivity index (χ2n) is 6.20. The summed E-state index contributed by atoms with van der Waals surface area (Å²) in [6.45, 7) is 15.0. The van der Waals surface area contributed by atoms with E-state index in [-0.39, 0.29) is 0 Å². The van der Waals surface area contributed by atoms with E-state index in [1.165, 1.54) is 82.0 Å². The molecule has 0 aromatic heterocycles. The molecule has 0 saturated carbocycles. The molecule has 0 unspecified atom stereocenters. The first-order valence-corrected chi connectivity index (χ1v) is 9.38. The minimum absolute atomic E-state index is 1.35. The van der Waals surface area contributed by atoms with Crippen LogP contribution < -0.4 is 5.11 Å². The van der Waals surface area contributed by atoms with Crippen LogP contribution >= 0.6 is 0 Å². The molecule has 0 heterocycles. The summed E-state index contributed by atoms with van der Waals surface area (Å²) in [5.41, 5.74) is 0. The van der Waals surface area contributed by atoms with Crippen molar-refractivity contribution >= 4 is 12.3 Å². The topological polar surface area (TPSA) is 118 Å². The monoisotopic (exact) mass is 365 g/mol. The van der Waals surface area contributed by atoms with Crippen LogP contribution in [0, 0.1) is 0 Å². The molecular weight excluding hydrogens is 326 g/mol. The molecule has 0 saturated heterocycles. The first-order valence-electron chi connectivity index (χ1n) is 9.38. The van der Waals surface area contributed by atoms with E-state index in [4.69, 9.17) is 30.0 Å². The molecular formula is C18H39NO6. The van der Waals surface area contributed by atoms with Gasteiger partial charge in [-0.2, -0.15) is 0 Å². The lowest BCUT2D eigenvalue weighted by atomic mass is 10.1. The first kappa shape index (κ1) is 28.3. The first-order chi connectivity index (χ1) is 11.7. The third kappa shape index (κ3) is 27.6. The third-order valence-electron chi connectivity index (χ3n) is 3.94. The second-order valence-corrected chi connectivity index (χ2v) is 6.20. The van der Waals surface area contributed by atoms with Gasteiger partial charge >= 0.3 is 6.16 Å². The molecule has 0 aromatic rings. The smallest absolute Gasteiger partial charge is 0.503 e. The lowest BCUT2D eigenvalue weighted by Gasteiger charge is -2.39. The van der Waals surface area contributed by atoms with Crippen molar-refractivity contribution in [3.05, 3.63) is 0 Å². The van der Waals surface area contributed by atoms with Gasteiger partial charge < -0.3 is 29.7 Å². The van der Waals surface area contributed by atoms with E-state index in [2.05, 4.69) is 27.7 Å². The van der Waals surface area contributed by atoms with E-state index >= 15 is 0 Å². The Balaban J connectivity index is -0.000000503.